The predicted octanol–water partition coefficient (Wildman–Crippen LogP) is 2.02. The average Bonchev–Trinajstić information content (AvgIpc) is 3.01. The van der Waals surface area contributed by atoms with Crippen LogP contribution < -0.4 is 5.32 Å². The summed E-state index contributed by atoms with van der Waals surface area (Å²) in [6.45, 7) is 8.32. The molecule has 16 heavy (non-hydrogen) atoms. The van der Waals surface area contributed by atoms with Crippen molar-refractivity contribution in [2.75, 3.05) is 7.05 Å². The Morgan fingerprint density at radius 2 is 1.94 bits per heavy atom. The molecule has 0 aromatic carbocycles. The van der Waals surface area contributed by atoms with Gasteiger partial charge in [-0.1, -0.05) is 6.92 Å². The van der Waals surface area contributed by atoms with E-state index in [0.29, 0.717) is 24.0 Å². The summed E-state index contributed by atoms with van der Waals surface area (Å²) in [5.41, 5.74) is 0. The van der Waals surface area contributed by atoms with Gasteiger partial charge in [0.25, 0.3) is 0 Å². The number of nitrogens with zero attached hydrogens (tertiary/aromatic N) is 1. The van der Waals surface area contributed by atoms with Crippen molar-refractivity contribution >= 4 is 5.91 Å². The molecule has 0 aliphatic heterocycles. The average molecular weight is 226 g/mol. The molecule has 1 N–H and O–H groups in total. The van der Waals surface area contributed by atoms with Gasteiger partial charge in [0, 0.05) is 25.0 Å². The van der Waals surface area contributed by atoms with E-state index in [-0.39, 0.29) is 5.91 Å². The zero-order chi connectivity index (χ0) is 12.3. The van der Waals surface area contributed by atoms with Gasteiger partial charge in [-0.15, -0.1) is 0 Å². The van der Waals surface area contributed by atoms with Gasteiger partial charge in [-0.05, 0) is 46.1 Å². The normalized spacial score (nSPS) is 21.3. The maximum Gasteiger partial charge on any atom is 0.219 e. The van der Waals surface area contributed by atoms with Crippen LogP contribution in [0.25, 0.3) is 0 Å². The minimum Gasteiger partial charge on any atom is -0.337 e. The second-order valence-corrected chi connectivity index (χ2v) is 5.30. The van der Waals surface area contributed by atoms with E-state index in [1.54, 1.807) is 6.92 Å². The molecule has 0 bridgehead atoms. The van der Waals surface area contributed by atoms with Gasteiger partial charge in [0.15, 0.2) is 0 Å². The highest BCUT2D eigenvalue weighted by Crippen LogP contribution is 2.31. The molecule has 1 aliphatic rings. The summed E-state index contributed by atoms with van der Waals surface area (Å²) in [6, 6.07) is 1.41. The summed E-state index contributed by atoms with van der Waals surface area (Å²) in [6.07, 6.45) is 3.50. The highest BCUT2D eigenvalue weighted by Gasteiger charge is 2.35. The lowest BCUT2D eigenvalue weighted by Crippen LogP contribution is -2.43. The third kappa shape index (κ3) is 3.48. The molecule has 1 saturated carbocycles. The molecule has 3 unspecified atom stereocenters. The Kier molecular flexibility index (Phi) is 4.78. The lowest BCUT2D eigenvalue weighted by molar-refractivity contribution is -0.132. The van der Waals surface area contributed by atoms with Crippen LogP contribution in [0.5, 0.6) is 0 Å². The number of carbonyl (C=O) groups excluding carboxylic acids is 1. The maximum absolute atomic E-state index is 11.6. The van der Waals surface area contributed by atoms with Crippen LogP contribution in [-0.4, -0.2) is 36.0 Å². The Hall–Kier alpha value is -0.570. The first-order valence-electron chi connectivity index (χ1n) is 6.43. The van der Waals surface area contributed by atoms with Crippen molar-refractivity contribution in [1.82, 2.24) is 10.2 Å². The highest BCUT2D eigenvalue weighted by atomic mass is 16.2. The summed E-state index contributed by atoms with van der Waals surface area (Å²) >= 11 is 0. The number of carbonyl (C=O) groups is 1. The fourth-order valence-electron chi connectivity index (χ4n) is 2.38. The van der Waals surface area contributed by atoms with Gasteiger partial charge in [-0.3, -0.25) is 4.79 Å². The van der Waals surface area contributed by atoms with Crippen LogP contribution in [0, 0.1) is 5.92 Å². The molecule has 0 heterocycles. The van der Waals surface area contributed by atoms with Crippen molar-refractivity contribution in [3.8, 4) is 0 Å². The van der Waals surface area contributed by atoms with Crippen molar-refractivity contribution in [1.29, 1.82) is 0 Å². The van der Waals surface area contributed by atoms with E-state index in [1.807, 2.05) is 7.05 Å². The van der Waals surface area contributed by atoms with Crippen LogP contribution >= 0.6 is 0 Å². The largest absolute Gasteiger partial charge is 0.337 e. The highest BCUT2D eigenvalue weighted by molar-refractivity contribution is 5.74. The van der Waals surface area contributed by atoms with Crippen LogP contribution in [0.15, 0.2) is 0 Å². The fourth-order valence-corrected chi connectivity index (χ4v) is 2.38. The summed E-state index contributed by atoms with van der Waals surface area (Å²) < 4.78 is 0. The first-order chi connectivity index (χ1) is 7.47. The molecule has 1 fully saturated rings. The Morgan fingerprint density at radius 3 is 2.31 bits per heavy atom. The number of nitrogens with one attached hydrogen (secondary N) is 1. The lowest BCUT2D eigenvalue weighted by atomic mass is 9.94. The zero-order valence-corrected chi connectivity index (χ0v) is 11.3. The molecule has 0 aromatic heterocycles. The predicted molar refractivity (Wildman–Crippen MR) is 67.3 cm³/mol. The van der Waals surface area contributed by atoms with E-state index in [4.69, 9.17) is 0 Å². The van der Waals surface area contributed by atoms with E-state index in [9.17, 15) is 4.79 Å². The Bertz CT molecular complexity index is 238. The number of hydrogen-bond donors (Lipinski definition) is 1. The van der Waals surface area contributed by atoms with Crippen molar-refractivity contribution < 1.29 is 4.79 Å². The molecule has 0 saturated heterocycles. The first kappa shape index (κ1) is 13.5. The Morgan fingerprint density at radius 1 is 1.38 bits per heavy atom. The van der Waals surface area contributed by atoms with Crippen LogP contribution in [0.4, 0.5) is 0 Å². The molecule has 3 nitrogen and oxygen atoms in total. The Balaban J connectivity index is 2.52. The fraction of sp³-hybridized carbons (Fsp3) is 0.923. The van der Waals surface area contributed by atoms with Gasteiger partial charge < -0.3 is 10.2 Å². The van der Waals surface area contributed by atoms with E-state index in [1.165, 1.54) is 12.8 Å². The molecular weight excluding hydrogens is 200 g/mol. The monoisotopic (exact) mass is 226 g/mol. The molecule has 1 aliphatic carbocycles. The van der Waals surface area contributed by atoms with Crippen molar-refractivity contribution in [3.05, 3.63) is 0 Å². The molecule has 94 valence electrons. The second kappa shape index (κ2) is 5.67. The van der Waals surface area contributed by atoms with E-state index in [2.05, 4.69) is 31.0 Å². The minimum absolute atomic E-state index is 0.235. The van der Waals surface area contributed by atoms with Gasteiger partial charge in [0.2, 0.25) is 5.91 Å². The van der Waals surface area contributed by atoms with E-state index in [0.717, 1.165) is 6.42 Å². The summed E-state index contributed by atoms with van der Waals surface area (Å²) in [5.74, 6) is 0.783. The topological polar surface area (TPSA) is 32.3 Å². The molecule has 0 radical (unpaired) electrons. The standard InChI is InChI=1S/C13H26N2O/c1-9(8-10(2)14-5)11(3)15(12(4)16)13-6-7-13/h9-11,13-14H,6-8H2,1-5H3. The molecule has 3 atom stereocenters. The third-order valence-electron chi connectivity index (χ3n) is 3.78. The van der Waals surface area contributed by atoms with Crippen LogP contribution in [0.2, 0.25) is 0 Å². The minimum atomic E-state index is 0.235. The molecule has 0 aromatic rings. The smallest absolute Gasteiger partial charge is 0.219 e. The molecule has 1 rings (SSSR count). The molecular formula is C13H26N2O. The summed E-state index contributed by atoms with van der Waals surface area (Å²) in [5, 5.41) is 3.26. The van der Waals surface area contributed by atoms with Crippen molar-refractivity contribution in [2.45, 2.75) is 65.1 Å². The van der Waals surface area contributed by atoms with Gasteiger partial charge in [0.1, 0.15) is 0 Å². The van der Waals surface area contributed by atoms with Gasteiger partial charge in [-0.25, -0.2) is 0 Å². The van der Waals surface area contributed by atoms with Crippen molar-refractivity contribution in [2.24, 2.45) is 5.92 Å². The van der Waals surface area contributed by atoms with E-state index >= 15 is 0 Å². The second-order valence-electron chi connectivity index (χ2n) is 5.30. The Labute approximate surface area is 99.6 Å². The molecule has 0 spiro atoms. The number of amides is 1. The number of rotatable bonds is 6. The lowest BCUT2D eigenvalue weighted by Gasteiger charge is -2.33. The van der Waals surface area contributed by atoms with Crippen LogP contribution in [0.1, 0.15) is 47.0 Å². The quantitative estimate of drug-likeness (QED) is 0.751. The van der Waals surface area contributed by atoms with Gasteiger partial charge >= 0.3 is 0 Å². The SMILES string of the molecule is CNC(C)CC(C)C(C)N(C(C)=O)C1CC1. The first-order valence-corrected chi connectivity index (χ1v) is 6.43. The zero-order valence-electron chi connectivity index (χ0n) is 11.3. The maximum atomic E-state index is 11.6. The third-order valence-corrected chi connectivity index (χ3v) is 3.78. The summed E-state index contributed by atoms with van der Waals surface area (Å²) in [7, 11) is 1.99. The number of hydrogen-bond acceptors (Lipinski definition) is 2. The van der Waals surface area contributed by atoms with Gasteiger partial charge in [-0.2, -0.15) is 0 Å². The van der Waals surface area contributed by atoms with Gasteiger partial charge in [0.05, 0.1) is 0 Å². The molecule has 1 amide bonds. The molecule has 3 heteroatoms. The summed E-state index contributed by atoms with van der Waals surface area (Å²) in [4.78, 5) is 13.7. The van der Waals surface area contributed by atoms with Crippen LogP contribution in [0.3, 0.4) is 0 Å². The van der Waals surface area contributed by atoms with Crippen molar-refractivity contribution in [3.63, 3.8) is 0 Å². The van der Waals surface area contributed by atoms with Crippen LogP contribution in [-0.2, 0) is 4.79 Å². The van der Waals surface area contributed by atoms with E-state index < -0.39 is 0 Å².